The van der Waals surface area contributed by atoms with Crippen LogP contribution in [0.2, 0.25) is 0 Å². The topological polar surface area (TPSA) is 55.1 Å². The van der Waals surface area contributed by atoms with E-state index in [1.54, 1.807) is 19.1 Å². The van der Waals surface area contributed by atoms with Crippen molar-refractivity contribution in [3.05, 3.63) is 65.5 Å². The third-order valence-corrected chi connectivity index (χ3v) is 3.45. The number of hydrogen-bond acceptors (Lipinski definition) is 2. The van der Waals surface area contributed by atoms with Crippen LogP contribution in [-0.4, -0.2) is 11.9 Å². The van der Waals surface area contributed by atoms with Crippen LogP contribution in [0.25, 0.3) is 0 Å². The highest BCUT2D eigenvalue weighted by atomic mass is 19.1. The second-order valence-corrected chi connectivity index (χ2v) is 5.03. The van der Waals surface area contributed by atoms with Crippen molar-refractivity contribution in [1.29, 1.82) is 0 Å². The number of hydrogen-bond donors (Lipinski definition) is 2. The van der Waals surface area contributed by atoms with E-state index in [4.69, 9.17) is 5.73 Å². The molecule has 3 nitrogen and oxygen atoms in total. The molecule has 0 heterocycles. The molecule has 1 atom stereocenters. The van der Waals surface area contributed by atoms with Gasteiger partial charge in [-0.05, 0) is 37.5 Å². The van der Waals surface area contributed by atoms with Crippen LogP contribution in [0.5, 0.6) is 0 Å². The summed E-state index contributed by atoms with van der Waals surface area (Å²) in [5.74, 6) is -0.634. The van der Waals surface area contributed by atoms with Gasteiger partial charge >= 0.3 is 0 Å². The van der Waals surface area contributed by atoms with Crippen molar-refractivity contribution in [2.24, 2.45) is 5.73 Å². The van der Waals surface area contributed by atoms with Crippen LogP contribution in [0.3, 0.4) is 0 Å². The molecule has 2 aromatic rings. The van der Waals surface area contributed by atoms with Gasteiger partial charge in [-0.25, -0.2) is 4.39 Å². The maximum Gasteiger partial charge on any atom is 0.241 e. The van der Waals surface area contributed by atoms with Gasteiger partial charge in [-0.3, -0.25) is 4.79 Å². The first kappa shape index (κ1) is 15.2. The largest absolute Gasteiger partial charge is 0.324 e. The zero-order valence-corrected chi connectivity index (χ0v) is 12.0. The SMILES string of the molecule is Cc1c(F)cccc1NC(=O)[C@@H](N)CCc1ccccc1. The zero-order valence-electron chi connectivity index (χ0n) is 12.0. The first-order chi connectivity index (χ1) is 10.1. The molecular weight excluding hydrogens is 267 g/mol. The minimum Gasteiger partial charge on any atom is -0.324 e. The second kappa shape index (κ2) is 6.99. The maximum atomic E-state index is 13.4. The van der Waals surface area contributed by atoms with Gasteiger partial charge in [-0.15, -0.1) is 0 Å². The Kier molecular flexibility index (Phi) is 5.06. The van der Waals surface area contributed by atoms with Crippen LogP contribution in [0, 0.1) is 12.7 Å². The van der Waals surface area contributed by atoms with E-state index in [0.29, 0.717) is 17.7 Å². The van der Waals surface area contributed by atoms with E-state index < -0.39 is 6.04 Å². The number of halogens is 1. The number of rotatable bonds is 5. The fraction of sp³-hybridized carbons (Fsp3) is 0.235. The second-order valence-electron chi connectivity index (χ2n) is 5.03. The first-order valence-corrected chi connectivity index (χ1v) is 6.93. The Hall–Kier alpha value is -2.20. The average Bonchev–Trinajstić information content (AvgIpc) is 2.50. The number of nitrogens with one attached hydrogen (secondary N) is 1. The van der Waals surface area contributed by atoms with Gasteiger partial charge in [0.25, 0.3) is 0 Å². The first-order valence-electron chi connectivity index (χ1n) is 6.93. The van der Waals surface area contributed by atoms with Gasteiger partial charge in [0.1, 0.15) is 5.82 Å². The van der Waals surface area contributed by atoms with Crippen molar-refractivity contribution in [1.82, 2.24) is 0 Å². The lowest BCUT2D eigenvalue weighted by molar-refractivity contribution is -0.117. The molecule has 0 aromatic heterocycles. The Labute approximate surface area is 124 Å². The highest BCUT2D eigenvalue weighted by molar-refractivity contribution is 5.95. The summed E-state index contributed by atoms with van der Waals surface area (Å²) in [4.78, 5) is 12.0. The highest BCUT2D eigenvalue weighted by Crippen LogP contribution is 2.17. The van der Waals surface area contributed by atoms with E-state index in [9.17, 15) is 9.18 Å². The predicted molar refractivity (Wildman–Crippen MR) is 82.5 cm³/mol. The van der Waals surface area contributed by atoms with Gasteiger partial charge in [0.2, 0.25) is 5.91 Å². The van der Waals surface area contributed by atoms with Crippen molar-refractivity contribution in [2.45, 2.75) is 25.8 Å². The minimum atomic E-state index is -0.618. The molecule has 0 fully saturated rings. The molecule has 0 unspecified atom stereocenters. The number of carbonyl (C=O) groups is 1. The van der Waals surface area contributed by atoms with Crippen LogP contribution in [0.4, 0.5) is 10.1 Å². The van der Waals surface area contributed by atoms with Crippen LogP contribution in [0.1, 0.15) is 17.5 Å². The Morgan fingerprint density at radius 2 is 1.90 bits per heavy atom. The van der Waals surface area contributed by atoms with Crippen molar-refractivity contribution >= 4 is 11.6 Å². The number of nitrogens with two attached hydrogens (primary N) is 1. The van der Waals surface area contributed by atoms with E-state index in [1.807, 2.05) is 30.3 Å². The molecule has 4 heteroatoms. The van der Waals surface area contributed by atoms with E-state index in [1.165, 1.54) is 6.07 Å². The fourth-order valence-corrected chi connectivity index (χ4v) is 2.07. The summed E-state index contributed by atoms with van der Waals surface area (Å²) in [5, 5.41) is 2.68. The van der Waals surface area contributed by atoms with Gasteiger partial charge in [-0.2, -0.15) is 0 Å². The van der Waals surface area contributed by atoms with E-state index in [2.05, 4.69) is 5.32 Å². The maximum absolute atomic E-state index is 13.4. The molecule has 0 aliphatic rings. The summed E-state index contributed by atoms with van der Waals surface area (Å²) >= 11 is 0. The lowest BCUT2D eigenvalue weighted by Crippen LogP contribution is -2.36. The van der Waals surface area contributed by atoms with Crippen molar-refractivity contribution < 1.29 is 9.18 Å². The number of anilines is 1. The Bertz CT molecular complexity index is 613. The lowest BCUT2D eigenvalue weighted by Gasteiger charge is -2.14. The van der Waals surface area contributed by atoms with Gasteiger partial charge in [0.15, 0.2) is 0 Å². The van der Waals surface area contributed by atoms with Crippen molar-refractivity contribution in [3.8, 4) is 0 Å². The Morgan fingerprint density at radius 3 is 2.62 bits per heavy atom. The molecule has 2 rings (SSSR count). The summed E-state index contributed by atoms with van der Waals surface area (Å²) < 4.78 is 13.4. The quantitative estimate of drug-likeness (QED) is 0.887. The molecule has 1 amide bonds. The number of amides is 1. The van der Waals surface area contributed by atoms with Crippen LogP contribution < -0.4 is 11.1 Å². The molecule has 0 radical (unpaired) electrons. The standard InChI is InChI=1S/C17H19FN2O/c1-12-14(18)8-5-9-16(12)20-17(21)15(19)11-10-13-6-3-2-4-7-13/h2-9,15H,10-11,19H2,1H3,(H,20,21)/t15-/m0/s1. The van der Waals surface area contributed by atoms with Crippen molar-refractivity contribution in [2.75, 3.05) is 5.32 Å². The summed E-state index contributed by atoms with van der Waals surface area (Å²) in [6.07, 6.45) is 1.28. The van der Waals surface area contributed by atoms with Crippen LogP contribution in [-0.2, 0) is 11.2 Å². The Morgan fingerprint density at radius 1 is 1.19 bits per heavy atom. The zero-order chi connectivity index (χ0) is 15.2. The third-order valence-electron chi connectivity index (χ3n) is 3.45. The molecule has 110 valence electrons. The molecule has 0 saturated carbocycles. The van der Waals surface area contributed by atoms with E-state index in [0.717, 1.165) is 12.0 Å². The summed E-state index contributed by atoms with van der Waals surface area (Å²) in [6.45, 7) is 1.63. The molecule has 21 heavy (non-hydrogen) atoms. The predicted octanol–water partition coefficient (Wildman–Crippen LogP) is 3.03. The van der Waals surface area contributed by atoms with Crippen molar-refractivity contribution in [3.63, 3.8) is 0 Å². The lowest BCUT2D eigenvalue weighted by atomic mass is 10.1. The summed E-state index contributed by atoms with van der Waals surface area (Å²) in [5.41, 5.74) is 7.92. The van der Waals surface area contributed by atoms with Crippen LogP contribution >= 0.6 is 0 Å². The summed E-state index contributed by atoms with van der Waals surface area (Å²) in [6, 6.07) is 13.8. The van der Waals surface area contributed by atoms with Gasteiger partial charge in [0.05, 0.1) is 6.04 Å². The molecule has 3 N–H and O–H groups in total. The summed E-state index contributed by atoms with van der Waals surface area (Å²) in [7, 11) is 0. The Balaban J connectivity index is 1.92. The molecule has 0 spiro atoms. The number of carbonyl (C=O) groups excluding carboxylic acids is 1. The number of benzene rings is 2. The monoisotopic (exact) mass is 286 g/mol. The average molecular weight is 286 g/mol. The molecule has 0 aliphatic heterocycles. The molecular formula is C17H19FN2O. The highest BCUT2D eigenvalue weighted by Gasteiger charge is 2.15. The molecule has 0 saturated heterocycles. The van der Waals surface area contributed by atoms with Gasteiger partial charge in [0, 0.05) is 11.3 Å². The number of aryl methyl sites for hydroxylation is 1. The molecule has 0 bridgehead atoms. The van der Waals surface area contributed by atoms with Gasteiger partial charge in [-0.1, -0.05) is 36.4 Å². The molecule has 0 aliphatic carbocycles. The fourth-order valence-electron chi connectivity index (χ4n) is 2.07. The third kappa shape index (κ3) is 4.13. The van der Waals surface area contributed by atoms with E-state index in [-0.39, 0.29) is 11.7 Å². The van der Waals surface area contributed by atoms with E-state index >= 15 is 0 Å². The molecule has 2 aromatic carbocycles. The minimum absolute atomic E-state index is 0.292. The van der Waals surface area contributed by atoms with Crippen LogP contribution in [0.15, 0.2) is 48.5 Å². The smallest absolute Gasteiger partial charge is 0.241 e. The van der Waals surface area contributed by atoms with Gasteiger partial charge < -0.3 is 11.1 Å². The normalized spacial score (nSPS) is 12.0.